The minimum absolute atomic E-state index is 0.0837. The molecular formula is C9H16N4O2. The topological polar surface area (TPSA) is 80.0 Å². The van der Waals surface area contributed by atoms with Gasteiger partial charge in [-0.05, 0) is 12.8 Å². The minimum Gasteiger partial charge on any atom is -0.354 e. The van der Waals surface area contributed by atoms with Crippen molar-refractivity contribution in [3.63, 3.8) is 0 Å². The van der Waals surface area contributed by atoms with Crippen molar-refractivity contribution in [2.24, 2.45) is 5.92 Å². The molecule has 1 aromatic heterocycles. The first kappa shape index (κ1) is 11.5. The van der Waals surface area contributed by atoms with Gasteiger partial charge >= 0.3 is 6.01 Å². The fourth-order valence-electron chi connectivity index (χ4n) is 0.905. The Morgan fingerprint density at radius 1 is 1.53 bits per heavy atom. The third kappa shape index (κ3) is 4.44. The van der Waals surface area contributed by atoms with Crippen LogP contribution in [-0.2, 0) is 4.79 Å². The molecule has 2 N–H and O–H groups in total. The molecule has 0 radical (unpaired) electrons. The lowest BCUT2D eigenvalue weighted by molar-refractivity contribution is -0.119. The first-order valence-electron chi connectivity index (χ1n) is 4.89. The van der Waals surface area contributed by atoms with Crippen LogP contribution in [0, 0.1) is 12.8 Å². The van der Waals surface area contributed by atoms with Crippen LogP contribution in [0.4, 0.5) is 6.01 Å². The van der Waals surface area contributed by atoms with E-state index in [2.05, 4.69) is 20.8 Å². The summed E-state index contributed by atoms with van der Waals surface area (Å²) in [6, 6.07) is 0.271. The van der Waals surface area contributed by atoms with Gasteiger partial charge in [0.05, 0.1) is 6.54 Å². The van der Waals surface area contributed by atoms with Gasteiger partial charge in [0.2, 0.25) is 5.91 Å². The summed E-state index contributed by atoms with van der Waals surface area (Å²) in [4.78, 5) is 15.2. The molecule has 0 bridgehead atoms. The number of hydrogen-bond acceptors (Lipinski definition) is 5. The van der Waals surface area contributed by atoms with Gasteiger partial charge < -0.3 is 15.2 Å². The van der Waals surface area contributed by atoms with E-state index in [4.69, 9.17) is 4.52 Å². The second-order valence-corrected chi connectivity index (χ2v) is 3.70. The van der Waals surface area contributed by atoms with Gasteiger partial charge in [0, 0.05) is 6.54 Å². The summed E-state index contributed by atoms with van der Waals surface area (Å²) in [5.74, 6) is 0.902. The van der Waals surface area contributed by atoms with Crippen molar-refractivity contribution in [3.8, 4) is 0 Å². The largest absolute Gasteiger partial charge is 0.354 e. The number of carbonyl (C=O) groups excluding carboxylic acids is 1. The van der Waals surface area contributed by atoms with Gasteiger partial charge in [-0.25, -0.2) is 0 Å². The summed E-state index contributed by atoms with van der Waals surface area (Å²) >= 11 is 0. The molecular weight excluding hydrogens is 196 g/mol. The standard InChI is InChI=1S/C9H16N4O2/c1-6(2)4-10-8(14)5-11-9-12-7(3)13-15-9/h6H,4-5H2,1-3H3,(H,10,14)(H,11,12,13). The molecule has 0 aliphatic rings. The third-order valence-electron chi connectivity index (χ3n) is 1.64. The molecule has 1 amide bonds. The number of nitrogens with zero attached hydrogens (tertiary/aromatic N) is 2. The van der Waals surface area contributed by atoms with Crippen LogP contribution in [0.3, 0.4) is 0 Å². The van der Waals surface area contributed by atoms with Crippen molar-refractivity contribution in [3.05, 3.63) is 5.82 Å². The predicted octanol–water partition coefficient (Wildman–Crippen LogP) is 0.562. The number of aryl methyl sites for hydroxylation is 1. The summed E-state index contributed by atoms with van der Waals surface area (Å²) < 4.78 is 4.79. The second kappa shape index (κ2) is 5.33. The highest BCUT2D eigenvalue weighted by Gasteiger charge is 2.05. The van der Waals surface area contributed by atoms with Crippen LogP contribution in [0.15, 0.2) is 4.52 Å². The number of hydrogen-bond donors (Lipinski definition) is 2. The number of nitrogens with one attached hydrogen (secondary N) is 2. The summed E-state index contributed by atoms with van der Waals surface area (Å²) in [7, 11) is 0. The zero-order valence-electron chi connectivity index (χ0n) is 9.20. The van der Waals surface area contributed by atoms with Crippen molar-refractivity contribution >= 4 is 11.9 Å². The predicted molar refractivity (Wildman–Crippen MR) is 55.4 cm³/mol. The lowest BCUT2D eigenvalue weighted by atomic mass is 10.2. The van der Waals surface area contributed by atoms with Crippen molar-refractivity contribution in [2.45, 2.75) is 20.8 Å². The summed E-state index contributed by atoms with van der Waals surface area (Å²) in [5.41, 5.74) is 0. The lowest BCUT2D eigenvalue weighted by Gasteiger charge is -2.06. The highest BCUT2D eigenvalue weighted by Crippen LogP contribution is 2.00. The van der Waals surface area contributed by atoms with E-state index >= 15 is 0 Å². The Hall–Kier alpha value is -1.59. The monoisotopic (exact) mass is 212 g/mol. The van der Waals surface area contributed by atoms with Crippen LogP contribution in [0.5, 0.6) is 0 Å². The molecule has 15 heavy (non-hydrogen) atoms. The molecule has 0 fully saturated rings. The Bertz CT molecular complexity index is 322. The fourth-order valence-corrected chi connectivity index (χ4v) is 0.905. The van der Waals surface area contributed by atoms with E-state index in [1.807, 2.05) is 13.8 Å². The molecule has 84 valence electrons. The molecule has 0 saturated carbocycles. The molecule has 0 saturated heterocycles. The quantitative estimate of drug-likeness (QED) is 0.745. The highest BCUT2D eigenvalue weighted by atomic mass is 16.5. The Labute approximate surface area is 88.4 Å². The van der Waals surface area contributed by atoms with Crippen molar-refractivity contribution < 1.29 is 9.32 Å². The maximum Gasteiger partial charge on any atom is 0.321 e. The molecule has 0 atom stereocenters. The van der Waals surface area contributed by atoms with Gasteiger partial charge in [-0.2, -0.15) is 4.98 Å². The fraction of sp³-hybridized carbons (Fsp3) is 0.667. The van der Waals surface area contributed by atoms with Crippen LogP contribution in [0.25, 0.3) is 0 Å². The van der Waals surface area contributed by atoms with Crippen LogP contribution >= 0.6 is 0 Å². The van der Waals surface area contributed by atoms with Gasteiger partial charge in [0.15, 0.2) is 5.82 Å². The number of carbonyl (C=O) groups is 1. The number of anilines is 1. The van der Waals surface area contributed by atoms with E-state index in [0.717, 1.165) is 0 Å². The van der Waals surface area contributed by atoms with E-state index in [9.17, 15) is 4.79 Å². The molecule has 1 heterocycles. The molecule has 0 aromatic carbocycles. The van der Waals surface area contributed by atoms with Crippen molar-refractivity contribution in [2.75, 3.05) is 18.4 Å². The molecule has 0 unspecified atom stereocenters. The molecule has 1 rings (SSSR count). The van der Waals surface area contributed by atoms with E-state index in [1.165, 1.54) is 0 Å². The summed E-state index contributed by atoms with van der Waals surface area (Å²) in [5, 5.41) is 9.09. The van der Waals surface area contributed by atoms with Gasteiger partial charge in [0.1, 0.15) is 0 Å². The van der Waals surface area contributed by atoms with Crippen LogP contribution in [0.1, 0.15) is 19.7 Å². The minimum atomic E-state index is -0.0837. The molecule has 1 aromatic rings. The van der Waals surface area contributed by atoms with Crippen LogP contribution in [-0.4, -0.2) is 29.1 Å². The van der Waals surface area contributed by atoms with Gasteiger partial charge in [-0.15, -0.1) is 0 Å². The Balaban J connectivity index is 2.22. The van der Waals surface area contributed by atoms with E-state index in [1.54, 1.807) is 6.92 Å². The maximum atomic E-state index is 11.3. The van der Waals surface area contributed by atoms with Gasteiger partial charge in [0.25, 0.3) is 0 Å². The highest BCUT2D eigenvalue weighted by molar-refractivity contribution is 5.79. The normalized spacial score (nSPS) is 10.4. The number of aromatic nitrogens is 2. The van der Waals surface area contributed by atoms with E-state index < -0.39 is 0 Å². The molecule has 6 heteroatoms. The van der Waals surface area contributed by atoms with Crippen molar-refractivity contribution in [1.29, 1.82) is 0 Å². The molecule has 0 aliphatic carbocycles. The lowest BCUT2D eigenvalue weighted by Crippen LogP contribution is -2.32. The zero-order chi connectivity index (χ0) is 11.3. The smallest absolute Gasteiger partial charge is 0.321 e. The second-order valence-electron chi connectivity index (χ2n) is 3.70. The Morgan fingerprint density at radius 3 is 2.80 bits per heavy atom. The zero-order valence-corrected chi connectivity index (χ0v) is 9.20. The maximum absolute atomic E-state index is 11.3. The van der Waals surface area contributed by atoms with Gasteiger partial charge in [-0.3, -0.25) is 4.79 Å². The Morgan fingerprint density at radius 2 is 2.27 bits per heavy atom. The first-order valence-corrected chi connectivity index (χ1v) is 4.89. The van der Waals surface area contributed by atoms with Crippen molar-refractivity contribution in [1.82, 2.24) is 15.5 Å². The number of rotatable bonds is 5. The first-order chi connectivity index (χ1) is 7.08. The molecule has 0 spiro atoms. The average molecular weight is 212 g/mol. The third-order valence-corrected chi connectivity index (χ3v) is 1.64. The summed E-state index contributed by atoms with van der Waals surface area (Å²) in [6.07, 6.45) is 0. The van der Waals surface area contributed by atoms with Crippen LogP contribution < -0.4 is 10.6 Å². The summed E-state index contributed by atoms with van der Waals surface area (Å²) in [6.45, 7) is 6.61. The number of amides is 1. The van der Waals surface area contributed by atoms with E-state index in [-0.39, 0.29) is 18.5 Å². The molecule has 0 aliphatic heterocycles. The Kier molecular flexibility index (Phi) is 4.08. The van der Waals surface area contributed by atoms with Crippen LogP contribution in [0.2, 0.25) is 0 Å². The van der Waals surface area contributed by atoms with Gasteiger partial charge in [-0.1, -0.05) is 19.0 Å². The average Bonchev–Trinajstić information content (AvgIpc) is 2.58. The SMILES string of the molecule is Cc1noc(NCC(=O)NCC(C)C)n1. The molecule has 6 nitrogen and oxygen atoms in total. The van der Waals surface area contributed by atoms with E-state index in [0.29, 0.717) is 18.3 Å².